The Morgan fingerprint density at radius 1 is 0.848 bits per heavy atom. The van der Waals surface area contributed by atoms with E-state index in [4.69, 9.17) is 9.47 Å². The first-order valence-electron chi connectivity index (χ1n) is 10.1. The van der Waals surface area contributed by atoms with Crippen molar-refractivity contribution in [1.29, 1.82) is 0 Å². The lowest BCUT2D eigenvalue weighted by Crippen LogP contribution is -2.19. The first kappa shape index (κ1) is 22.6. The summed E-state index contributed by atoms with van der Waals surface area (Å²) >= 11 is 2.75. The summed E-state index contributed by atoms with van der Waals surface area (Å²) < 4.78 is 11.1. The summed E-state index contributed by atoms with van der Waals surface area (Å²) in [5.41, 5.74) is 2.45. The van der Waals surface area contributed by atoms with Gasteiger partial charge < -0.3 is 20.1 Å². The van der Waals surface area contributed by atoms with Gasteiger partial charge in [0.25, 0.3) is 0 Å². The Hall–Kier alpha value is -3.56. The largest absolute Gasteiger partial charge is 0.497 e. The Morgan fingerprint density at radius 3 is 2.06 bits per heavy atom. The molecule has 3 aromatic carbocycles. The molecule has 1 unspecified atom stereocenters. The van der Waals surface area contributed by atoms with Crippen molar-refractivity contribution in [3.05, 3.63) is 84.4 Å². The average molecular weight is 479 g/mol. The maximum absolute atomic E-state index is 13.2. The summed E-state index contributed by atoms with van der Waals surface area (Å²) in [5, 5.41) is 14.9. The topological polar surface area (TPSA) is 85.4 Å². The number of ether oxygens (including phenoxy) is 2. The van der Waals surface area contributed by atoms with Crippen LogP contribution in [0.15, 0.2) is 83.2 Å². The number of aromatic nitrogens is 2. The Bertz CT molecular complexity index is 1180. The lowest BCUT2D eigenvalue weighted by Gasteiger charge is -2.15. The van der Waals surface area contributed by atoms with E-state index in [0.29, 0.717) is 15.2 Å². The van der Waals surface area contributed by atoms with Crippen LogP contribution in [0.3, 0.4) is 0 Å². The minimum absolute atomic E-state index is 0.142. The summed E-state index contributed by atoms with van der Waals surface area (Å²) in [4.78, 5) is 13.2. The molecule has 2 N–H and O–H groups in total. The minimum Gasteiger partial charge on any atom is -0.497 e. The average Bonchev–Trinajstić information content (AvgIpc) is 3.31. The van der Waals surface area contributed by atoms with Gasteiger partial charge in [-0.15, -0.1) is 10.2 Å². The fourth-order valence-corrected chi connectivity index (χ4v) is 4.95. The highest BCUT2D eigenvalue weighted by Gasteiger charge is 2.24. The third-order valence-electron chi connectivity index (χ3n) is 4.66. The van der Waals surface area contributed by atoms with Crippen LogP contribution in [-0.2, 0) is 4.79 Å². The molecule has 1 amide bonds. The number of hydrogen-bond donors (Lipinski definition) is 2. The molecule has 0 aliphatic carbocycles. The molecular formula is C24H22N4O3S2. The van der Waals surface area contributed by atoms with E-state index >= 15 is 0 Å². The molecule has 168 valence electrons. The van der Waals surface area contributed by atoms with Crippen LogP contribution in [0.5, 0.6) is 11.5 Å². The van der Waals surface area contributed by atoms with Crippen LogP contribution in [0.4, 0.5) is 16.5 Å². The van der Waals surface area contributed by atoms with E-state index in [9.17, 15) is 4.79 Å². The minimum atomic E-state index is -0.491. The van der Waals surface area contributed by atoms with Gasteiger partial charge in [-0.25, -0.2) is 0 Å². The van der Waals surface area contributed by atoms with Crippen LogP contribution >= 0.6 is 23.1 Å². The predicted octanol–water partition coefficient (Wildman–Crippen LogP) is 5.77. The first-order chi connectivity index (χ1) is 16.1. The van der Waals surface area contributed by atoms with Crippen molar-refractivity contribution in [2.24, 2.45) is 0 Å². The van der Waals surface area contributed by atoms with Gasteiger partial charge >= 0.3 is 0 Å². The number of rotatable bonds is 9. The summed E-state index contributed by atoms with van der Waals surface area (Å²) in [6.07, 6.45) is 0. The van der Waals surface area contributed by atoms with E-state index in [-0.39, 0.29) is 5.91 Å². The van der Waals surface area contributed by atoms with E-state index in [1.165, 1.54) is 23.1 Å². The molecular weight excluding hydrogens is 456 g/mol. The van der Waals surface area contributed by atoms with Gasteiger partial charge in [0, 0.05) is 11.4 Å². The van der Waals surface area contributed by atoms with E-state index in [0.717, 1.165) is 22.7 Å². The summed E-state index contributed by atoms with van der Waals surface area (Å²) in [6, 6.07) is 24.4. The Kier molecular flexibility index (Phi) is 7.43. The number of carbonyl (C=O) groups excluding carboxylic acids is 1. The molecule has 0 radical (unpaired) electrons. The number of nitrogens with zero attached hydrogens (tertiary/aromatic N) is 2. The van der Waals surface area contributed by atoms with Crippen LogP contribution in [0, 0.1) is 0 Å². The Labute approximate surface area is 200 Å². The molecule has 1 heterocycles. The zero-order valence-electron chi connectivity index (χ0n) is 18.0. The highest BCUT2D eigenvalue weighted by Crippen LogP contribution is 2.39. The number of thioether (sulfide) groups is 1. The van der Waals surface area contributed by atoms with E-state index < -0.39 is 5.25 Å². The molecule has 0 fully saturated rings. The highest BCUT2D eigenvalue weighted by atomic mass is 32.2. The van der Waals surface area contributed by atoms with Crippen molar-refractivity contribution >= 4 is 45.5 Å². The summed E-state index contributed by atoms with van der Waals surface area (Å²) in [5.74, 6) is 1.37. The zero-order chi connectivity index (χ0) is 23.0. The number of amides is 1. The second-order valence-corrected chi connectivity index (χ2v) is 9.18. The fraction of sp³-hybridized carbons (Fsp3) is 0.125. The first-order valence-corrected chi connectivity index (χ1v) is 11.8. The normalized spacial score (nSPS) is 11.5. The van der Waals surface area contributed by atoms with Gasteiger partial charge in [-0.2, -0.15) is 0 Å². The van der Waals surface area contributed by atoms with Gasteiger partial charge in [0.1, 0.15) is 16.7 Å². The molecule has 0 aliphatic heterocycles. The van der Waals surface area contributed by atoms with Crippen molar-refractivity contribution < 1.29 is 14.3 Å². The number of benzene rings is 3. The molecule has 4 rings (SSSR count). The van der Waals surface area contributed by atoms with Crippen molar-refractivity contribution in [3.8, 4) is 11.5 Å². The number of nitrogens with one attached hydrogen (secondary N) is 2. The second-order valence-electron chi connectivity index (χ2n) is 6.85. The number of anilines is 3. The summed E-state index contributed by atoms with van der Waals surface area (Å²) in [7, 11) is 3.24. The monoisotopic (exact) mass is 478 g/mol. The predicted molar refractivity (Wildman–Crippen MR) is 133 cm³/mol. The molecule has 1 aromatic heterocycles. The number of hydrogen-bond acceptors (Lipinski definition) is 8. The van der Waals surface area contributed by atoms with Gasteiger partial charge in [0.15, 0.2) is 4.34 Å². The van der Waals surface area contributed by atoms with E-state index in [1.54, 1.807) is 14.2 Å². The standard InChI is InChI=1S/C24H22N4O3S2/c1-30-19-12-8-17(9-13-19)25-22(29)21(16-6-4-3-5-7-16)32-24-28-27-23(33-24)26-18-10-14-20(31-2)15-11-18/h3-15,21H,1-2H3,(H,25,29)(H,26,27). The smallest absolute Gasteiger partial charge is 0.242 e. The molecule has 0 bridgehead atoms. The molecule has 0 spiro atoms. The Balaban J connectivity index is 1.49. The fourth-order valence-electron chi connectivity index (χ4n) is 2.99. The molecule has 9 heteroatoms. The zero-order valence-corrected chi connectivity index (χ0v) is 19.7. The van der Waals surface area contributed by atoms with Crippen molar-refractivity contribution in [2.45, 2.75) is 9.59 Å². The highest BCUT2D eigenvalue weighted by molar-refractivity contribution is 8.02. The van der Waals surface area contributed by atoms with Crippen molar-refractivity contribution in [1.82, 2.24) is 10.2 Å². The molecule has 33 heavy (non-hydrogen) atoms. The molecule has 0 saturated carbocycles. The van der Waals surface area contributed by atoms with Gasteiger partial charge in [0.05, 0.1) is 14.2 Å². The van der Waals surface area contributed by atoms with Crippen LogP contribution in [0.2, 0.25) is 0 Å². The van der Waals surface area contributed by atoms with Gasteiger partial charge in [0.2, 0.25) is 11.0 Å². The van der Waals surface area contributed by atoms with E-state index in [1.807, 2.05) is 78.9 Å². The van der Waals surface area contributed by atoms with Gasteiger partial charge in [-0.05, 0) is 54.1 Å². The van der Waals surface area contributed by atoms with E-state index in [2.05, 4.69) is 20.8 Å². The molecule has 0 aliphatic rings. The second kappa shape index (κ2) is 10.8. The lowest BCUT2D eigenvalue weighted by molar-refractivity contribution is -0.115. The number of carbonyl (C=O) groups is 1. The summed E-state index contributed by atoms with van der Waals surface area (Å²) in [6.45, 7) is 0. The molecule has 1 atom stereocenters. The SMILES string of the molecule is COc1ccc(NC(=O)C(Sc2nnc(Nc3ccc(OC)cc3)s2)c2ccccc2)cc1. The van der Waals surface area contributed by atoms with Crippen LogP contribution in [-0.4, -0.2) is 30.3 Å². The van der Waals surface area contributed by atoms with Crippen molar-refractivity contribution in [3.63, 3.8) is 0 Å². The maximum Gasteiger partial charge on any atom is 0.242 e. The van der Waals surface area contributed by atoms with Gasteiger partial charge in [-0.1, -0.05) is 53.4 Å². The van der Waals surface area contributed by atoms with Crippen LogP contribution < -0.4 is 20.1 Å². The van der Waals surface area contributed by atoms with Crippen molar-refractivity contribution in [2.75, 3.05) is 24.9 Å². The lowest BCUT2D eigenvalue weighted by atomic mass is 10.1. The third-order valence-corrected chi connectivity index (χ3v) is 6.84. The maximum atomic E-state index is 13.2. The quantitative estimate of drug-likeness (QED) is 0.295. The van der Waals surface area contributed by atoms with Gasteiger partial charge in [-0.3, -0.25) is 4.79 Å². The van der Waals surface area contributed by atoms with Crippen LogP contribution in [0.1, 0.15) is 10.8 Å². The number of methoxy groups -OCH3 is 2. The van der Waals surface area contributed by atoms with Crippen LogP contribution in [0.25, 0.3) is 0 Å². The third kappa shape index (κ3) is 6.03. The molecule has 7 nitrogen and oxygen atoms in total. The molecule has 0 saturated heterocycles. The molecule has 4 aromatic rings. The Morgan fingerprint density at radius 2 is 1.45 bits per heavy atom.